The van der Waals surface area contributed by atoms with Gasteiger partial charge in [-0.25, -0.2) is 9.59 Å². The molecule has 0 aliphatic heterocycles. The van der Waals surface area contributed by atoms with Crippen LogP contribution in [-0.4, -0.2) is 34.6 Å². The quantitative estimate of drug-likeness (QED) is 0.400. The molecule has 2 rings (SSSR count). The summed E-state index contributed by atoms with van der Waals surface area (Å²) in [6, 6.07) is 11.5. The lowest BCUT2D eigenvalue weighted by molar-refractivity contribution is -0.383. The van der Waals surface area contributed by atoms with E-state index in [2.05, 4.69) is 10.6 Å². The first-order chi connectivity index (χ1) is 14.5. The molecule has 0 bridgehead atoms. The number of para-hydroxylation sites is 2. The minimum atomic E-state index is -1.23. The van der Waals surface area contributed by atoms with E-state index in [1.165, 1.54) is 49.4 Å². The minimum absolute atomic E-state index is 0.0102. The van der Waals surface area contributed by atoms with Crippen LogP contribution in [0.5, 0.6) is 0 Å². The number of carbonyl (C=O) groups excluding carboxylic acids is 3. The van der Waals surface area contributed by atoms with Gasteiger partial charge in [-0.05, 0) is 52.0 Å². The number of nitro benzene ring substituents is 1. The Morgan fingerprint density at radius 3 is 2.35 bits per heavy atom. The molecular formula is C21H23N3O7. The number of nitrogens with one attached hydrogen (secondary N) is 2. The van der Waals surface area contributed by atoms with E-state index in [0.29, 0.717) is 5.69 Å². The summed E-state index contributed by atoms with van der Waals surface area (Å²) in [5.74, 6) is -1.54. The molecule has 10 nitrogen and oxygen atoms in total. The normalized spacial score (nSPS) is 11.7. The van der Waals surface area contributed by atoms with Gasteiger partial charge < -0.3 is 14.8 Å². The second kappa shape index (κ2) is 9.70. The van der Waals surface area contributed by atoms with E-state index in [1.807, 2.05) is 0 Å². The van der Waals surface area contributed by atoms with Crippen molar-refractivity contribution in [3.8, 4) is 0 Å². The number of amides is 2. The standard InChI is InChI=1S/C21H23N3O7/c1-13(18(25)23-16-10-5-6-11-17(16)24(28)29)30-19(26)14-8-7-9-15(12-14)22-20(27)31-21(2,3)4/h5-13H,1-4H3,(H,22,27)(H,23,25). The van der Waals surface area contributed by atoms with Gasteiger partial charge in [0.05, 0.1) is 10.5 Å². The lowest BCUT2D eigenvalue weighted by atomic mass is 10.2. The first-order valence-corrected chi connectivity index (χ1v) is 9.31. The van der Waals surface area contributed by atoms with Crippen molar-refractivity contribution in [3.05, 3.63) is 64.2 Å². The van der Waals surface area contributed by atoms with Crippen LogP contribution in [0.25, 0.3) is 0 Å². The molecule has 1 unspecified atom stereocenters. The molecule has 0 aliphatic carbocycles. The van der Waals surface area contributed by atoms with Crippen molar-refractivity contribution >= 4 is 35.0 Å². The Morgan fingerprint density at radius 1 is 1.03 bits per heavy atom. The highest BCUT2D eigenvalue weighted by Crippen LogP contribution is 2.23. The van der Waals surface area contributed by atoms with Gasteiger partial charge in [-0.1, -0.05) is 18.2 Å². The SMILES string of the molecule is CC(OC(=O)c1cccc(NC(=O)OC(C)(C)C)c1)C(=O)Nc1ccccc1[N+](=O)[O-]. The van der Waals surface area contributed by atoms with Gasteiger partial charge in [0.15, 0.2) is 6.10 Å². The summed E-state index contributed by atoms with van der Waals surface area (Å²) in [7, 11) is 0. The van der Waals surface area contributed by atoms with E-state index < -0.39 is 34.6 Å². The number of nitrogens with zero attached hydrogens (tertiary/aromatic N) is 1. The average Bonchev–Trinajstić information content (AvgIpc) is 2.66. The highest BCUT2D eigenvalue weighted by Gasteiger charge is 2.23. The molecule has 0 spiro atoms. The molecule has 164 valence electrons. The van der Waals surface area contributed by atoms with Crippen LogP contribution in [0.2, 0.25) is 0 Å². The topological polar surface area (TPSA) is 137 Å². The zero-order chi connectivity index (χ0) is 23.2. The summed E-state index contributed by atoms with van der Waals surface area (Å²) in [6.45, 7) is 6.50. The second-order valence-corrected chi connectivity index (χ2v) is 7.52. The van der Waals surface area contributed by atoms with Gasteiger partial charge in [0.1, 0.15) is 11.3 Å². The number of nitro groups is 1. The van der Waals surface area contributed by atoms with E-state index in [4.69, 9.17) is 9.47 Å². The molecule has 0 aliphatic rings. The molecule has 0 saturated heterocycles. The number of ether oxygens (including phenoxy) is 2. The number of rotatable bonds is 6. The Labute approximate surface area is 178 Å². The van der Waals surface area contributed by atoms with Crippen LogP contribution < -0.4 is 10.6 Å². The fourth-order valence-electron chi connectivity index (χ4n) is 2.40. The second-order valence-electron chi connectivity index (χ2n) is 7.52. The molecule has 2 aromatic rings. The maximum absolute atomic E-state index is 12.4. The average molecular weight is 429 g/mol. The van der Waals surface area contributed by atoms with Crippen molar-refractivity contribution in [2.45, 2.75) is 39.4 Å². The fourth-order valence-corrected chi connectivity index (χ4v) is 2.40. The largest absolute Gasteiger partial charge is 0.449 e. The summed E-state index contributed by atoms with van der Waals surface area (Å²) < 4.78 is 10.3. The number of hydrogen-bond acceptors (Lipinski definition) is 7. The lowest BCUT2D eigenvalue weighted by Gasteiger charge is -2.19. The van der Waals surface area contributed by atoms with Crippen molar-refractivity contribution in [3.63, 3.8) is 0 Å². The predicted molar refractivity (Wildman–Crippen MR) is 113 cm³/mol. The number of esters is 1. The van der Waals surface area contributed by atoms with E-state index in [-0.39, 0.29) is 16.9 Å². The fraction of sp³-hybridized carbons (Fsp3) is 0.286. The third-order valence-corrected chi connectivity index (χ3v) is 3.76. The Morgan fingerprint density at radius 2 is 1.71 bits per heavy atom. The summed E-state index contributed by atoms with van der Waals surface area (Å²) in [4.78, 5) is 47.0. The molecule has 1 atom stereocenters. The van der Waals surface area contributed by atoms with E-state index in [1.54, 1.807) is 26.8 Å². The highest BCUT2D eigenvalue weighted by molar-refractivity contribution is 5.99. The molecule has 0 aromatic heterocycles. The van der Waals surface area contributed by atoms with Crippen LogP contribution in [-0.2, 0) is 14.3 Å². The molecule has 0 heterocycles. The molecule has 0 radical (unpaired) electrons. The van der Waals surface area contributed by atoms with Crippen LogP contribution >= 0.6 is 0 Å². The summed E-state index contributed by atoms with van der Waals surface area (Å²) in [5.41, 5.74) is -0.573. The van der Waals surface area contributed by atoms with Crippen LogP contribution in [0.3, 0.4) is 0 Å². The molecule has 2 N–H and O–H groups in total. The first kappa shape index (κ1) is 23.3. The first-order valence-electron chi connectivity index (χ1n) is 9.31. The summed E-state index contributed by atoms with van der Waals surface area (Å²) in [6.07, 6.45) is -1.91. The molecule has 0 fully saturated rings. The lowest BCUT2D eigenvalue weighted by Crippen LogP contribution is -2.30. The third-order valence-electron chi connectivity index (χ3n) is 3.76. The van der Waals surface area contributed by atoms with Crippen LogP contribution in [0.15, 0.2) is 48.5 Å². The van der Waals surface area contributed by atoms with Gasteiger partial charge >= 0.3 is 12.1 Å². The van der Waals surface area contributed by atoms with E-state index >= 15 is 0 Å². The Hall–Kier alpha value is -3.95. The molecule has 31 heavy (non-hydrogen) atoms. The number of benzene rings is 2. The van der Waals surface area contributed by atoms with Gasteiger partial charge in [-0.3, -0.25) is 20.2 Å². The predicted octanol–water partition coefficient (Wildman–Crippen LogP) is 4.13. The number of hydrogen-bond donors (Lipinski definition) is 2. The number of carbonyl (C=O) groups is 3. The van der Waals surface area contributed by atoms with Gasteiger partial charge in [0.25, 0.3) is 11.6 Å². The van der Waals surface area contributed by atoms with Gasteiger partial charge in [-0.2, -0.15) is 0 Å². The summed E-state index contributed by atoms with van der Waals surface area (Å²) in [5, 5.41) is 15.9. The van der Waals surface area contributed by atoms with Crippen LogP contribution in [0.4, 0.5) is 21.9 Å². The van der Waals surface area contributed by atoms with E-state index in [0.717, 1.165) is 0 Å². The van der Waals surface area contributed by atoms with Gasteiger partial charge in [-0.15, -0.1) is 0 Å². The third kappa shape index (κ3) is 7.11. The molecule has 2 amide bonds. The highest BCUT2D eigenvalue weighted by atomic mass is 16.6. The smallest absolute Gasteiger partial charge is 0.412 e. The Kier molecular flexibility index (Phi) is 7.30. The van der Waals surface area contributed by atoms with Gasteiger partial charge in [0, 0.05) is 11.8 Å². The van der Waals surface area contributed by atoms with Crippen molar-refractivity contribution in [2.75, 3.05) is 10.6 Å². The Bertz CT molecular complexity index is 998. The van der Waals surface area contributed by atoms with Crippen molar-refractivity contribution in [1.29, 1.82) is 0 Å². The maximum Gasteiger partial charge on any atom is 0.412 e. The minimum Gasteiger partial charge on any atom is -0.449 e. The molecular weight excluding hydrogens is 406 g/mol. The van der Waals surface area contributed by atoms with Crippen molar-refractivity contribution < 1.29 is 28.8 Å². The molecule has 10 heteroatoms. The van der Waals surface area contributed by atoms with Crippen molar-refractivity contribution in [2.24, 2.45) is 0 Å². The monoisotopic (exact) mass is 429 g/mol. The number of anilines is 2. The van der Waals surface area contributed by atoms with Crippen molar-refractivity contribution in [1.82, 2.24) is 0 Å². The van der Waals surface area contributed by atoms with Crippen LogP contribution in [0, 0.1) is 10.1 Å². The van der Waals surface area contributed by atoms with Gasteiger partial charge in [0.2, 0.25) is 0 Å². The zero-order valence-electron chi connectivity index (χ0n) is 17.5. The summed E-state index contributed by atoms with van der Waals surface area (Å²) >= 11 is 0. The maximum atomic E-state index is 12.4. The molecule has 2 aromatic carbocycles. The van der Waals surface area contributed by atoms with Crippen LogP contribution in [0.1, 0.15) is 38.1 Å². The van der Waals surface area contributed by atoms with E-state index in [9.17, 15) is 24.5 Å². The Balaban J connectivity index is 2.02. The zero-order valence-corrected chi connectivity index (χ0v) is 17.5. The molecule has 0 saturated carbocycles.